The van der Waals surface area contributed by atoms with Gasteiger partial charge in [-0.2, -0.15) is 4.31 Å². The van der Waals surface area contributed by atoms with Crippen molar-refractivity contribution in [2.24, 2.45) is 0 Å². The largest absolute Gasteiger partial charge is 0.376 e. The average molecular weight is 310 g/mol. The molecule has 4 nitrogen and oxygen atoms in total. The molecule has 0 amide bonds. The summed E-state index contributed by atoms with van der Waals surface area (Å²) in [6, 6.07) is 1.68. The first-order valence-corrected chi connectivity index (χ1v) is 8.51. The van der Waals surface area contributed by atoms with E-state index in [2.05, 4.69) is 0 Å². The van der Waals surface area contributed by atoms with Gasteiger partial charge < -0.3 is 4.74 Å². The first-order valence-electron chi connectivity index (χ1n) is 5.72. The topological polar surface area (TPSA) is 46.6 Å². The zero-order chi connectivity index (χ0) is 13.3. The molecular weight excluding hydrogens is 294 g/mol. The lowest BCUT2D eigenvalue weighted by molar-refractivity contribution is 0.0102. The molecule has 0 spiro atoms. The minimum atomic E-state index is -3.41. The van der Waals surface area contributed by atoms with E-state index in [1.54, 1.807) is 6.07 Å². The molecule has 0 N–H and O–H groups in total. The fraction of sp³-hybridized carbons (Fsp3) is 0.636. The molecule has 1 aliphatic rings. The minimum absolute atomic E-state index is 0.0556. The summed E-state index contributed by atoms with van der Waals surface area (Å²) >= 11 is 7.19. The average Bonchev–Trinajstić information content (AvgIpc) is 2.71. The van der Waals surface area contributed by atoms with Gasteiger partial charge in [-0.25, -0.2) is 8.42 Å². The van der Waals surface area contributed by atoms with Crippen LogP contribution >= 0.6 is 22.9 Å². The molecule has 1 aliphatic heterocycles. The Labute approximate surface area is 117 Å². The second-order valence-corrected chi connectivity index (χ2v) is 7.83. The number of morpholine rings is 1. The van der Waals surface area contributed by atoms with Gasteiger partial charge in [0.1, 0.15) is 0 Å². The number of rotatable bonds is 3. The van der Waals surface area contributed by atoms with Crippen molar-refractivity contribution in [1.82, 2.24) is 4.31 Å². The fourth-order valence-electron chi connectivity index (χ4n) is 1.99. The molecule has 1 aromatic heterocycles. The van der Waals surface area contributed by atoms with Crippen LogP contribution in [0.1, 0.15) is 16.7 Å². The van der Waals surface area contributed by atoms with Gasteiger partial charge in [0.2, 0.25) is 10.0 Å². The smallest absolute Gasteiger partial charge is 0.244 e. The highest BCUT2D eigenvalue weighted by molar-refractivity contribution is 7.89. The van der Waals surface area contributed by atoms with Crippen LogP contribution in [0.25, 0.3) is 0 Å². The van der Waals surface area contributed by atoms with Crippen LogP contribution in [-0.2, 0) is 20.6 Å². The molecule has 1 saturated heterocycles. The van der Waals surface area contributed by atoms with Crippen LogP contribution in [0.3, 0.4) is 0 Å². The predicted octanol–water partition coefficient (Wildman–Crippen LogP) is 2.20. The zero-order valence-electron chi connectivity index (χ0n) is 10.3. The summed E-state index contributed by atoms with van der Waals surface area (Å²) in [6.45, 7) is 4.97. The maximum Gasteiger partial charge on any atom is 0.244 e. The van der Waals surface area contributed by atoms with Gasteiger partial charge in [0.25, 0.3) is 0 Å². The Hall–Kier alpha value is -0.140. The maximum atomic E-state index is 12.5. The lowest BCUT2D eigenvalue weighted by Gasteiger charge is -2.30. The van der Waals surface area contributed by atoms with E-state index in [9.17, 15) is 8.42 Å². The number of ether oxygens (including phenoxy) is 1. The zero-order valence-corrected chi connectivity index (χ0v) is 12.7. The summed E-state index contributed by atoms with van der Waals surface area (Å²) in [7, 11) is -3.41. The van der Waals surface area contributed by atoms with E-state index < -0.39 is 10.0 Å². The molecule has 1 fully saturated rings. The van der Waals surface area contributed by atoms with Gasteiger partial charge in [-0.3, -0.25) is 0 Å². The van der Waals surface area contributed by atoms with E-state index >= 15 is 0 Å². The van der Waals surface area contributed by atoms with Crippen LogP contribution in [0, 0.1) is 6.92 Å². The van der Waals surface area contributed by atoms with E-state index in [0.717, 1.165) is 9.75 Å². The van der Waals surface area contributed by atoms with E-state index in [1.807, 2.05) is 13.8 Å². The van der Waals surface area contributed by atoms with Crippen molar-refractivity contribution in [2.75, 3.05) is 19.7 Å². The molecule has 102 valence electrons. The molecule has 1 aromatic rings. The number of alkyl halides is 1. The Morgan fingerprint density at radius 3 is 2.89 bits per heavy atom. The summed E-state index contributed by atoms with van der Waals surface area (Å²) in [5, 5.41) is 0. The molecule has 0 aliphatic carbocycles. The Balaban J connectivity index is 2.32. The van der Waals surface area contributed by atoms with Crippen molar-refractivity contribution in [3.63, 3.8) is 0 Å². The van der Waals surface area contributed by atoms with Crippen molar-refractivity contribution in [3.8, 4) is 0 Å². The van der Waals surface area contributed by atoms with Crippen LogP contribution in [-0.4, -0.2) is 38.5 Å². The van der Waals surface area contributed by atoms with Crippen molar-refractivity contribution in [1.29, 1.82) is 0 Å². The number of hydrogen-bond acceptors (Lipinski definition) is 4. The van der Waals surface area contributed by atoms with Gasteiger partial charge in [-0.05, 0) is 19.9 Å². The van der Waals surface area contributed by atoms with E-state index in [-0.39, 0.29) is 6.10 Å². The van der Waals surface area contributed by atoms with Gasteiger partial charge >= 0.3 is 0 Å². The standard InChI is InChI=1S/C11H16ClNO3S2/c1-8-7-13(3-4-16-8)18(14,15)11-5-10(6-12)17-9(11)2/h5,8H,3-4,6-7H2,1-2H3. The summed E-state index contributed by atoms with van der Waals surface area (Å²) in [5.41, 5.74) is 0. The van der Waals surface area contributed by atoms with Crippen molar-refractivity contribution in [3.05, 3.63) is 15.8 Å². The molecule has 1 atom stereocenters. The van der Waals surface area contributed by atoms with Gasteiger partial charge in [-0.15, -0.1) is 22.9 Å². The third-order valence-corrected chi connectivity index (χ3v) is 6.49. The summed E-state index contributed by atoms with van der Waals surface area (Å²) in [5.74, 6) is 0.348. The van der Waals surface area contributed by atoms with Gasteiger partial charge in [0.05, 0.1) is 23.5 Å². The quantitative estimate of drug-likeness (QED) is 0.804. The van der Waals surface area contributed by atoms with Crippen LogP contribution in [0.4, 0.5) is 0 Å². The van der Waals surface area contributed by atoms with Crippen LogP contribution in [0.5, 0.6) is 0 Å². The fourth-order valence-corrected chi connectivity index (χ4v) is 5.18. The molecule has 0 radical (unpaired) electrons. The number of thiophene rings is 1. The number of aryl methyl sites for hydroxylation is 1. The third kappa shape index (κ3) is 2.72. The SMILES string of the molecule is Cc1sc(CCl)cc1S(=O)(=O)N1CCOC(C)C1. The minimum Gasteiger partial charge on any atom is -0.376 e. The highest BCUT2D eigenvalue weighted by Crippen LogP contribution is 2.29. The third-order valence-electron chi connectivity index (χ3n) is 2.88. The highest BCUT2D eigenvalue weighted by Gasteiger charge is 2.31. The molecule has 7 heteroatoms. The number of sulfonamides is 1. The van der Waals surface area contributed by atoms with Crippen molar-refractivity contribution >= 4 is 33.0 Å². The first kappa shape index (κ1) is 14.3. The van der Waals surface area contributed by atoms with Crippen LogP contribution in [0.2, 0.25) is 0 Å². The van der Waals surface area contributed by atoms with E-state index in [0.29, 0.717) is 30.5 Å². The Bertz CT molecular complexity index is 526. The van der Waals surface area contributed by atoms with Gasteiger partial charge in [0.15, 0.2) is 0 Å². The van der Waals surface area contributed by atoms with Crippen LogP contribution < -0.4 is 0 Å². The maximum absolute atomic E-state index is 12.5. The number of hydrogen-bond donors (Lipinski definition) is 0. The molecule has 0 saturated carbocycles. The molecular formula is C11H16ClNO3S2. The summed E-state index contributed by atoms with van der Waals surface area (Å²) < 4.78 is 31.9. The summed E-state index contributed by atoms with van der Waals surface area (Å²) in [4.78, 5) is 2.07. The monoisotopic (exact) mass is 309 g/mol. The Kier molecular flexibility index (Phi) is 4.33. The van der Waals surface area contributed by atoms with Gasteiger partial charge in [0, 0.05) is 22.8 Å². The molecule has 0 bridgehead atoms. The van der Waals surface area contributed by atoms with Gasteiger partial charge in [-0.1, -0.05) is 0 Å². The molecule has 1 unspecified atom stereocenters. The van der Waals surface area contributed by atoms with E-state index in [4.69, 9.17) is 16.3 Å². The van der Waals surface area contributed by atoms with Crippen molar-refractivity contribution in [2.45, 2.75) is 30.7 Å². The lowest BCUT2D eigenvalue weighted by atomic mass is 10.3. The molecule has 2 rings (SSSR count). The second-order valence-electron chi connectivity index (χ2n) is 4.31. The molecule has 2 heterocycles. The number of halogens is 1. The highest BCUT2D eigenvalue weighted by atomic mass is 35.5. The normalized spacial score (nSPS) is 22.3. The predicted molar refractivity (Wildman–Crippen MR) is 72.8 cm³/mol. The Morgan fingerprint density at radius 2 is 2.33 bits per heavy atom. The number of nitrogens with zero attached hydrogens (tertiary/aromatic N) is 1. The molecule has 18 heavy (non-hydrogen) atoms. The second kappa shape index (κ2) is 5.46. The van der Waals surface area contributed by atoms with E-state index in [1.165, 1.54) is 15.6 Å². The summed E-state index contributed by atoms with van der Waals surface area (Å²) in [6.07, 6.45) is -0.0556. The van der Waals surface area contributed by atoms with Crippen molar-refractivity contribution < 1.29 is 13.2 Å². The first-order chi connectivity index (χ1) is 8.45. The Morgan fingerprint density at radius 1 is 1.61 bits per heavy atom. The molecule has 0 aromatic carbocycles. The lowest BCUT2D eigenvalue weighted by Crippen LogP contribution is -2.44. The van der Waals surface area contributed by atoms with Crippen LogP contribution in [0.15, 0.2) is 11.0 Å².